The third-order valence-electron chi connectivity index (χ3n) is 7.64. The number of aliphatic carboxylic acids is 1. The summed E-state index contributed by atoms with van der Waals surface area (Å²) in [5.41, 5.74) is 1.76. The molecule has 0 radical (unpaired) electrons. The van der Waals surface area contributed by atoms with Gasteiger partial charge in [-0.25, -0.2) is 4.98 Å². The van der Waals surface area contributed by atoms with Crippen molar-refractivity contribution < 1.29 is 14.6 Å². The highest BCUT2D eigenvalue weighted by Gasteiger charge is 2.43. The summed E-state index contributed by atoms with van der Waals surface area (Å²) in [6.45, 7) is 5.90. The molecule has 2 aliphatic heterocycles. The lowest BCUT2D eigenvalue weighted by atomic mass is 9.82. The summed E-state index contributed by atoms with van der Waals surface area (Å²) in [5, 5.41) is 11.4. The van der Waals surface area contributed by atoms with Crippen LogP contribution in [0.1, 0.15) is 44.6 Å². The Labute approximate surface area is 225 Å². The highest BCUT2D eigenvalue weighted by Crippen LogP contribution is 2.40. The molecule has 2 aliphatic rings. The molecule has 36 heavy (non-hydrogen) atoms. The number of thiazole rings is 1. The molecule has 3 heterocycles. The molecule has 0 bridgehead atoms. The maximum atomic E-state index is 11.1. The van der Waals surface area contributed by atoms with Gasteiger partial charge < -0.3 is 14.7 Å². The molecule has 6 nitrogen and oxygen atoms in total. The summed E-state index contributed by atoms with van der Waals surface area (Å²) in [4.78, 5) is 21.1. The Morgan fingerprint density at radius 2 is 2.00 bits per heavy atom. The quantitative estimate of drug-likeness (QED) is 0.346. The molecular formula is C27H31Cl2N3O3S. The fourth-order valence-electron chi connectivity index (χ4n) is 5.75. The first-order valence-electron chi connectivity index (χ1n) is 12.5. The van der Waals surface area contributed by atoms with Gasteiger partial charge in [-0.15, -0.1) is 0 Å². The zero-order chi connectivity index (χ0) is 25.3. The molecule has 1 aromatic heterocycles. The van der Waals surface area contributed by atoms with Gasteiger partial charge in [-0.1, -0.05) is 40.6 Å². The van der Waals surface area contributed by atoms with Crippen molar-refractivity contribution in [2.24, 2.45) is 0 Å². The normalized spacial score (nSPS) is 20.2. The number of aromatic nitrogens is 1. The number of carbonyl (C=O) groups is 1. The van der Waals surface area contributed by atoms with Gasteiger partial charge in [-0.05, 0) is 81.5 Å². The average molecular weight is 549 g/mol. The molecule has 3 aromatic rings. The van der Waals surface area contributed by atoms with Gasteiger partial charge in [0.25, 0.3) is 0 Å². The largest absolute Gasteiger partial charge is 0.492 e. The molecule has 0 amide bonds. The number of halogens is 2. The standard InChI is InChI=1S/C27H31Cl2N3O3S/c1-18-3-2-11-32(18)27(10-14-35-23-15-19(16-25(33)34)4-6-21(23)29)8-12-31(13-9-27)26-30-22-7-5-20(28)17-24(22)36-26/h4-7,15,17-18H,2-3,8-14,16H2,1H3,(H,33,34). The van der Waals surface area contributed by atoms with Crippen LogP contribution in [0.4, 0.5) is 5.13 Å². The predicted molar refractivity (Wildman–Crippen MR) is 147 cm³/mol. The Morgan fingerprint density at radius 1 is 1.19 bits per heavy atom. The van der Waals surface area contributed by atoms with Crippen LogP contribution in [0.2, 0.25) is 10.0 Å². The Balaban J connectivity index is 1.29. The number of piperidine rings is 1. The number of nitrogens with zero attached hydrogens (tertiary/aromatic N) is 3. The van der Waals surface area contributed by atoms with Crippen molar-refractivity contribution in [1.29, 1.82) is 0 Å². The van der Waals surface area contributed by atoms with Gasteiger partial charge in [-0.2, -0.15) is 0 Å². The number of carboxylic acid groups (broad SMARTS) is 1. The van der Waals surface area contributed by atoms with Gasteiger partial charge in [0.2, 0.25) is 0 Å². The Morgan fingerprint density at radius 3 is 2.72 bits per heavy atom. The molecule has 0 spiro atoms. The van der Waals surface area contributed by atoms with E-state index >= 15 is 0 Å². The number of hydrogen-bond donors (Lipinski definition) is 1. The molecule has 0 saturated carbocycles. The summed E-state index contributed by atoms with van der Waals surface area (Å²) in [5.74, 6) is -0.307. The molecule has 0 aliphatic carbocycles. The van der Waals surface area contributed by atoms with Crippen molar-refractivity contribution in [3.63, 3.8) is 0 Å². The SMILES string of the molecule is CC1CCCN1C1(CCOc2cc(CC(=O)O)ccc2Cl)CCN(c2nc3ccc(Cl)cc3s2)CC1. The summed E-state index contributed by atoms with van der Waals surface area (Å²) < 4.78 is 7.28. The van der Waals surface area contributed by atoms with Crippen LogP contribution < -0.4 is 9.64 Å². The maximum Gasteiger partial charge on any atom is 0.307 e. The van der Waals surface area contributed by atoms with E-state index in [4.69, 9.17) is 38.0 Å². The number of rotatable bonds is 8. The molecular weight excluding hydrogens is 517 g/mol. The number of ether oxygens (including phenoxy) is 1. The van der Waals surface area contributed by atoms with E-state index in [1.54, 1.807) is 29.5 Å². The molecule has 1 atom stereocenters. The first-order valence-corrected chi connectivity index (χ1v) is 14.1. The van der Waals surface area contributed by atoms with Gasteiger partial charge in [0.15, 0.2) is 5.13 Å². The van der Waals surface area contributed by atoms with Gasteiger partial charge in [0.1, 0.15) is 5.75 Å². The van der Waals surface area contributed by atoms with Gasteiger partial charge in [-0.3, -0.25) is 9.69 Å². The lowest BCUT2D eigenvalue weighted by Gasteiger charge is -2.49. The summed E-state index contributed by atoms with van der Waals surface area (Å²) in [7, 11) is 0. The van der Waals surface area contributed by atoms with Crippen molar-refractivity contribution >= 4 is 55.9 Å². The highest BCUT2D eigenvalue weighted by molar-refractivity contribution is 7.22. The Hall–Kier alpha value is -2.06. The number of likely N-dealkylation sites (tertiary alicyclic amines) is 1. The second kappa shape index (κ2) is 10.7. The van der Waals surface area contributed by atoms with E-state index in [0.717, 1.165) is 59.3 Å². The second-order valence-corrected chi connectivity index (χ2v) is 11.8. The highest BCUT2D eigenvalue weighted by atomic mass is 35.5. The fourth-order valence-corrected chi connectivity index (χ4v) is 7.21. The van der Waals surface area contributed by atoms with Gasteiger partial charge in [0.05, 0.1) is 28.3 Å². The first kappa shape index (κ1) is 25.6. The van der Waals surface area contributed by atoms with Crippen molar-refractivity contribution in [3.05, 3.63) is 52.0 Å². The van der Waals surface area contributed by atoms with E-state index in [1.807, 2.05) is 18.2 Å². The number of carboxylic acids is 1. The van der Waals surface area contributed by atoms with E-state index < -0.39 is 5.97 Å². The molecule has 2 fully saturated rings. The van der Waals surface area contributed by atoms with E-state index in [9.17, 15) is 4.79 Å². The van der Waals surface area contributed by atoms with Gasteiger partial charge >= 0.3 is 5.97 Å². The molecule has 9 heteroatoms. The van der Waals surface area contributed by atoms with E-state index in [2.05, 4.69) is 16.7 Å². The fraction of sp³-hybridized carbons (Fsp3) is 0.481. The monoisotopic (exact) mass is 547 g/mol. The lowest BCUT2D eigenvalue weighted by molar-refractivity contribution is -0.136. The molecule has 1 N–H and O–H groups in total. The number of anilines is 1. The van der Waals surface area contributed by atoms with Crippen molar-refractivity contribution in [1.82, 2.24) is 9.88 Å². The van der Waals surface area contributed by atoms with Crippen LogP contribution >= 0.6 is 34.5 Å². The Bertz CT molecular complexity index is 1240. The first-order chi connectivity index (χ1) is 17.3. The topological polar surface area (TPSA) is 65.9 Å². The predicted octanol–water partition coefficient (Wildman–Crippen LogP) is 6.52. The van der Waals surface area contributed by atoms with E-state index in [-0.39, 0.29) is 12.0 Å². The smallest absolute Gasteiger partial charge is 0.307 e. The third kappa shape index (κ3) is 5.44. The van der Waals surface area contributed by atoms with Crippen LogP contribution in [0.3, 0.4) is 0 Å². The average Bonchev–Trinajstić information content (AvgIpc) is 3.47. The van der Waals surface area contributed by atoms with Gasteiger partial charge in [0, 0.05) is 29.7 Å². The van der Waals surface area contributed by atoms with Crippen LogP contribution in [-0.2, 0) is 11.2 Å². The van der Waals surface area contributed by atoms with E-state index in [1.165, 1.54) is 12.8 Å². The second-order valence-electron chi connectivity index (χ2n) is 9.94. The zero-order valence-electron chi connectivity index (χ0n) is 20.4. The summed E-state index contributed by atoms with van der Waals surface area (Å²) in [6.07, 6.45) is 5.41. The third-order valence-corrected chi connectivity index (χ3v) is 9.27. The molecule has 1 unspecified atom stereocenters. The van der Waals surface area contributed by atoms with Crippen LogP contribution in [-0.4, -0.2) is 58.8 Å². The minimum absolute atomic E-state index is 0.0451. The number of hydrogen-bond acceptors (Lipinski definition) is 6. The summed E-state index contributed by atoms with van der Waals surface area (Å²) >= 11 is 14.3. The van der Waals surface area contributed by atoms with Crippen LogP contribution in [0.15, 0.2) is 36.4 Å². The van der Waals surface area contributed by atoms with Crippen molar-refractivity contribution in [2.75, 3.05) is 31.1 Å². The minimum Gasteiger partial charge on any atom is -0.492 e. The molecule has 2 aromatic carbocycles. The summed E-state index contributed by atoms with van der Waals surface area (Å²) in [6, 6.07) is 11.7. The molecule has 192 valence electrons. The minimum atomic E-state index is -0.867. The van der Waals surface area contributed by atoms with Crippen LogP contribution in [0.25, 0.3) is 10.2 Å². The number of fused-ring (bicyclic) bond motifs is 1. The van der Waals surface area contributed by atoms with Crippen molar-refractivity contribution in [3.8, 4) is 5.75 Å². The van der Waals surface area contributed by atoms with Crippen LogP contribution in [0.5, 0.6) is 5.75 Å². The zero-order valence-corrected chi connectivity index (χ0v) is 22.7. The van der Waals surface area contributed by atoms with Crippen LogP contribution in [0, 0.1) is 0 Å². The maximum absolute atomic E-state index is 11.1. The lowest BCUT2D eigenvalue weighted by Crippen LogP contribution is -2.57. The van der Waals surface area contributed by atoms with E-state index in [0.29, 0.717) is 29.0 Å². The Kier molecular flexibility index (Phi) is 7.63. The molecule has 5 rings (SSSR count). The molecule has 2 saturated heterocycles. The number of benzene rings is 2. The van der Waals surface area contributed by atoms with Crippen molar-refractivity contribution in [2.45, 2.75) is 57.0 Å².